The number of nitrogens with one attached hydrogen (secondary N) is 1. The molecular weight excluding hydrogens is 350 g/mol. The zero-order chi connectivity index (χ0) is 19.3. The third kappa shape index (κ3) is 4.24. The number of aromatic nitrogens is 1. The quantitative estimate of drug-likeness (QED) is 0.867. The maximum Gasteiger partial charge on any atom is 0.253 e. The second-order valence-electron chi connectivity index (χ2n) is 7.90. The van der Waals surface area contributed by atoms with Gasteiger partial charge < -0.3 is 10.2 Å². The molecule has 1 N–H and O–H groups in total. The fourth-order valence-electron chi connectivity index (χ4n) is 4.00. The van der Waals surface area contributed by atoms with Gasteiger partial charge >= 0.3 is 0 Å². The molecule has 2 amide bonds. The highest BCUT2D eigenvalue weighted by molar-refractivity contribution is 5.94. The van der Waals surface area contributed by atoms with E-state index in [-0.39, 0.29) is 17.7 Å². The van der Waals surface area contributed by atoms with Crippen molar-refractivity contribution >= 4 is 11.8 Å². The van der Waals surface area contributed by atoms with E-state index in [2.05, 4.69) is 22.4 Å². The summed E-state index contributed by atoms with van der Waals surface area (Å²) in [4.78, 5) is 31.1. The van der Waals surface area contributed by atoms with Gasteiger partial charge in [0.05, 0.1) is 0 Å². The van der Waals surface area contributed by atoms with Gasteiger partial charge in [-0.15, -0.1) is 0 Å². The number of piperidine rings is 1. The smallest absolute Gasteiger partial charge is 0.253 e. The normalized spacial score (nSPS) is 17.8. The largest absolute Gasteiger partial charge is 0.352 e. The van der Waals surface area contributed by atoms with E-state index in [1.807, 2.05) is 29.2 Å². The Kier molecular flexibility index (Phi) is 5.70. The third-order valence-corrected chi connectivity index (χ3v) is 6.08. The lowest BCUT2D eigenvalue weighted by atomic mass is 9.80. The average molecular weight is 377 g/mol. The Morgan fingerprint density at radius 1 is 1.04 bits per heavy atom. The van der Waals surface area contributed by atoms with Crippen molar-refractivity contribution in [2.45, 2.75) is 44.6 Å². The standard InChI is InChI=1S/C23H27N3O2/c27-22(25-16-17-3-2-12-24-15-17)20-10-13-26(14-11-20)23(28)21-8-6-19(7-9-21)18-4-1-5-18/h2-3,6-9,12,15,18,20H,1,4-5,10-11,13-14,16H2,(H,25,27). The van der Waals surface area contributed by atoms with Gasteiger partial charge in [-0.3, -0.25) is 14.6 Å². The van der Waals surface area contributed by atoms with Crippen LogP contribution in [-0.4, -0.2) is 34.8 Å². The van der Waals surface area contributed by atoms with Crippen LogP contribution in [0.15, 0.2) is 48.8 Å². The number of hydrogen-bond acceptors (Lipinski definition) is 3. The van der Waals surface area contributed by atoms with E-state index in [1.165, 1.54) is 24.8 Å². The summed E-state index contributed by atoms with van der Waals surface area (Å²) in [5.74, 6) is 0.807. The first-order chi connectivity index (χ1) is 13.7. The first kappa shape index (κ1) is 18.7. The van der Waals surface area contributed by atoms with Crippen molar-refractivity contribution in [3.63, 3.8) is 0 Å². The minimum atomic E-state index is -0.0262. The predicted octanol–water partition coefficient (Wildman–Crippen LogP) is 3.52. The molecule has 28 heavy (non-hydrogen) atoms. The summed E-state index contributed by atoms with van der Waals surface area (Å²) in [5, 5.41) is 2.99. The van der Waals surface area contributed by atoms with Crippen LogP contribution in [0.2, 0.25) is 0 Å². The van der Waals surface area contributed by atoms with Crippen molar-refractivity contribution in [3.05, 3.63) is 65.5 Å². The number of likely N-dealkylation sites (tertiary alicyclic amines) is 1. The zero-order valence-electron chi connectivity index (χ0n) is 16.1. The average Bonchev–Trinajstić information content (AvgIpc) is 2.72. The van der Waals surface area contributed by atoms with Crippen LogP contribution in [0.3, 0.4) is 0 Å². The molecule has 1 aliphatic carbocycles. The number of carbonyl (C=O) groups excluding carboxylic acids is 2. The second kappa shape index (κ2) is 8.55. The Labute approximate surface area is 166 Å². The summed E-state index contributed by atoms with van der Waals surface area (Å²) in [7, 11) is 0. The van der Waals surface area contributed by atoms with Gasteiger partial charge in [0, 0.05) is 43.5 Å². The Bertz CT molecular complexity index is 808. The summed E-state index contributed by atoms with van der Waals surface area (Å²) < 4.78 is 0. The van der Waals surface area contributed by atoms with Gasteiger partial charge in [0.1, 0.15) is 0 Å². The van der Waals surface area contributed by atoms with Crippen LogP contribution in [0, 0.1) is 5.92 Å². The van der Waals surface area contributed by atoms with Crippen molar-refractivity contribution in [1.82, 2.24) is 15.2 Å². The van der Waals surface area contributed by atoms with Crippen LogP contribution in [0.5, 0.6) is 0 Å². The lowest BCUT2D eigenvalue weighted by molar-refractivity contribution is -0.126. The number of carbonyl (C=O) groups is 2. The molecule has 5 heteroatoms. The fraction of sp³-hybridized carbons (Fsp3) is 0.435. The van der Waals surface area contributed by atoms with Gasteiger partial charge in [0.15, 0.2) is 0 Å². The molecule has 0 bridgehead atoms. The molecule has 1 saturated carbocycles. The minimum Gasteiger partial charge on any atom is -0.352 e. The molecule has 146 valence electrons. The van der Waals surface area contributed by atoms with Crippen LogP contribution < -0.4 is 5.32 Å². The van der Waals surface area contributed by atoms with E-state index < -0.39 is 0 Å². The summed E-state index contributed by atoms with van der Waals surface area (Å²) in [5.41, 5.74) is 3.10. The van der Waals surface area contributed by atoms with Crippen molar-refractivity contribution in [1.29, 1.82) is 0 Å². The molecule has 2 aliphatic rings. The van der Waals surface area contributed by atoms with E-state index in [0.717, 1.165) is 11.1 Å². The first-order valence-electron chi connectivity index (χ1n) is 10.3. The van der Waals surface area contributed by atoms with Crippen LogP contribution in [0.1, 0.15) is 59.5 Å². The van der Waals surface area contributed by atoms with Gasteiger partial charge in [-0.05, 0) is 60.9 Å². The van der Waals surface area contributed by atoms with E-state index >= 15 is 0 Å². The van der Waals surface area contributed by atoms with Gasteiger partial charge in [0.25, 0.3) is 5.91 Å². The van der Waals surface area contributed by atoms with Gasteiger partial charge in [-0.1, -0.05) is 24.6 Å². The molecule has 1 aromatic heterocycles. The Hall–Kier alpha value is -2.69. The molecule has 2 fully saturated rings. The number of nitrogens with zero attached hydrogens (tertiary/aromatic N) is 2. The predicted molar refractivity (Wildman–Crippen MR) is 108 cm³/mol. The van der Waals surface area contributed by atoms with Crippen molar-refractivity contribution in [2.24, 2.45) is 5.92 Å². The summed E-state index contributed by atoms with van der Waals surface area (Å²) >= 11 is 0. The van der Waals surface area contributed by atoms with Crippen LogP contribution in [0.25, 0.3) is 0 Å². The summed E-state index contributed by atoms with van der Waals surface area (Å²) in [6.07, 6.45) is 8.76. The lowest BCUT2D eigenvalue weighted by Gasteiger charge is -2.31. The van der Waals surface area contributed by atoms with Crippen LogP contribution in [0.4, 0.5) is 0 Å². The van der Waals surface area contributed by atoms with E-state index in [1.54, 1.807) is 12.4 Å². The number of amides is 2. The van der Waals surface area contributed by atoms with E-state index in [9.17, 15) is 9.59 Å². The Morgan fingerprint density at radius 3 is 2.39 bits per heavy atom. The maximum absolute atomic E-state index is 12.8. The zero-order valence-corrected chi connectivity index (χ0v) is 16.1. The highest BCUT2D eigenvalue weighted by Crippen LogP contribution is 2.36. The highest BCUT2D eigenvalue weighted by atomic mass is 16.2. The molecule has 4 rings (SSSR count). The van der Waals surface area contributed by atoms with Gasteiger partial charge in [-0.25, -0.2) is 0 Å². The van der Waals surface area contributed by atoms with E-state index in [0.29, 0.717) is 38.4 Å². The molecule has 0 atom stereocenters. The molecule has 2 aromatic rings. The number of hydrogen-bond donors (Lipinski definition) is 1. The topological polar surface area (TPSA) is 62.3 Å². The molecular formula is C23H27N3O2. The molecule has 1 aromatic carbocycles. The fourth-order valence-corrected chi connectivity index (χ4v) is 4.00. The van der Waals surface area contributed by atoms with Gasteiger partial charge in [0.2, 0.25) is 5.91 Å². The lowest BCUT2D eigenvalue weighted by Crippen LogP contribution is -2.42. The van der Waals surface area contributed by atoms with Crippen molar-refractivity contribution < 1.29 is 9.59 Å². The molecule has 1 saturated heterocycles. The van der Waals surface area contributed by atoms with Crippen molar-refractivity contribution in [3.8, 4) is 0 Å². The third-order valence-electron chi connectivity index (χ3n) is 6.08. The molecule has 0 unspecified atom stereocenters. The van der Waals surface area contributed by atoms with Crippen LogP contribution in [-0.2, 0) is 11.3 Å². The number of benzene rings is 1. The van der Waals surface area contributed by atoms with Crippen molar-refractivity contribution in [2.75, 3.05) is 13.1 Å². The molecule has 0 radical (unpaired) electrons. The second-order valence-corrected chi connectivity index (χ2v) is 7.90. The Morgan fingerprint density at radius 2 is 1.79 bits per heavy atom. The maximum atomic E-state index is 12.8. The Balaban J connectivity index is 1.26. The minimum absolute atomic E-state index is 0.0262. The summed E-state index contributed by atoms with van der Waals surface area (Å²) in [6.45, 7) is 1.77. The number of pyridine rings is 1. The highest BCUT2D eigenvalue weighted by Gasteiger charge is 2.28. The van der Waals surface area contributed by atoms with E-state index in [4.69, 9.17) is 0 Å². The first-order valence-corrected chi connectivity index (χ1v) is 10.3. The van der Waals surface area contributed by atoms with Gasteiger partial charge in [-0.2, -0.15) is 0 Å². The summed E-state index contributed by atoms with van der Waals surface area (Å²) in [6, 6.07) is 12.0. The van der Waals surface area contributed by atoms with Crippen LogP contribution >= 0.6 is 0 Å². The SMILES string of the molecule is O=C(NCc1cccnc1)C1CCN(C(=O)c2ccc(C3CCC3)cc2)CC1. The molecule has 1 aliphatic heterocycles. The molecule has 5 nitrogen and oxygen atoms in total. The molecule has 0 spiro atoms. The molecule has 2 heterocycles. The number of rotatable bonds is 5. The monoisotopic (exact) mass is 377 g/mol.